The first-order valence-electron chi connectivity index (χ1n) is 8.47. The van der Waals surface area contributed by atoms with Crippen molar-refractivity contribution in [3.8, 4) is 0 Å². The van der Waals surface area contributed by atoms with Gasteiger partial charge in [0.05, 0.1) is 11.1 Å². The third-order valence-electron chi connectivity index (χ3n) is 3.99. The monoisotopic (exact) mass is 429 g/mol. The van der Waals surface area contributed by atoms with Gasteiger partial charge in [-0.3, -0.25) is 4.79 Å². The van der Waals surface area contributed by atoms with Crippen LogP contribution < -0.4 is 11.2 Å². The van der Waals surface area contributed by atoms with Gasteiger partial charge in [0.1, 0.15) is 10.6 Å². The molecule has 1 aromatic heterocycles. The number of nitrogens with one attached hydrogen (secondary N) is 1. The molecule has 0 fully saturated rings. The van der Waals surface area contributed by atoms with Crippen molar-refractivity contribution >= 4 is 39.7 Å². The molecule has 0 aliphatic rings. The summed E-state index contributed by atoms with van der Waals surface area (Å²) in [6.07, 6.45) is 3.12. The Balaban J connectivity index is 1.90. The molecule has 0 atom stereocenters. The van der Waals surface area contributed by atoms with Crippen molar-refractivity contribution in [1.82, 2.24) is 14.6 Å². The van der Waals surface area contributed by atoms with Crippen molar-refractivity contribution in [3.63, 3.8) is 0 Å². The van der Waals surface area contributed by atoms with Gasteiger partial charge in [-0.05, 0) is 30.9 Å². The second kappa shape index (κ2) is 8.50. The first kappa shape index (κ1) is 20.6. The van der Waals surface area contributed by atoms with E-state index in [0.29, 0.717) is 0 Å². The largest absolute Gasteiger partial charge is 0.381 e. The number of carbonyl (C=O) groups excluding carboxylic acids is 1. The Labute approximate surface area is 172 Å². The highest BCUT2D eigenvalue weighted by molar-refractivity contribution is 7.99. The Hall–Kier alpha value is -3.11. The number of hydrazone groups is 1. The maximum Gasteiger partial charge on any atom is 0.284 e. The van der Waals surface area contributed by atoms with Gasteiger partial charge >= 0.3 is 0 Å². The second-order valence-corrected chi connectivity index (χ2v) is 8.60. The number of rotatable bonds is 6. The quantitative estimate of drug-likeness (QED) is 0.353. The summed E-state index contributed by atoms with van der Waals surface area (Å²) >= 11 is 1.05. The molecule has 2 aromatic carbocycles. The number of nitrogen functional groups attached to an aromatic ring is 1. The van der Waals surface area contributed by atoms with Gasteiger partial charge in [-0.25, -0.2) is 5.43 Å². The number of nitrogens with zero attached hydrogens (tertiary/aromatic N) is 3. The maximum atomic E-state index is 12.9. The molecule has 0 saturated carbocycles. The molecule has 29 heavy (non-hydrogen) atoms. The maximum absolute atomic E-state index is 12.9. The molecule has 3 aromatic rings. The van der Waals surface area contributed by atoms with Gasteiger partial charge in [-0.2, -0.15) is 13.5 Å². The number of anilines is 1. The summed E-state index contributed by atoms with van der Waals surface area (Å²) in [6, 6.07) is 15.4. The number of aromatic nitrogens is 2. The van der Waals surface area contributed by atoms with E-state index >= 15 is 0 Å². The fraction of sp³-hybridized carbons (Fsp3) is 0.105. The van der Waals surface area contributed by atoms with Crippen LogP contribution in [0.1, 0.15) is 21.5 Å². The Morgan fingerprint density at radius 1 is 1.17 bits per heavy atom. The number of aryl methyl sites for hydroxylation is 1. The molecule has 3 N–H and O–H groups in total. The molecule has 1 heterocycles. The lowest BCUT2D eigenvalue weighted by Gasteiger charge is -2.07. The van der Waals surface area contributed by atoms with Gasteiger partial charge in [-0.1, -0.05) is 48.0 Å². The Morgan fingerprint density at radius 2 is 1.83 bits per heavy atom. The van der Waals surface area contributed by atoms with Crippen LogP contribution in [-0.4, -0.2) is 36.0 Å². The zero-order valence-electron chi connectivity index (χ0n) is 15.7. The molecule has 8 nitrogen and oxygen atoms in total. The van der Waals surface area contributed by atoms with Gasteiger partial charge < -0.3 is 5.73 Å². The summed E-state index contributed by atoms with van der Waals surface area (Å²) < 4.78 is 26.6. The van der Waals surface area contributed by atoms with Crippen molar-refractivity contribution in [1.29, 1.82) is 0 Å². The second-order valence-electron chi connectivity index (χ2n) is 6.04. The number of thioether (sulfide) groups is 1. The molecule has 3 rings (SSSR count). The number of carbonyl (C=O) groups is 1. The molecule has 150 valence electrons. The average Bonchev–Trinajstić information content (AvgIpc) is 3.07. The standard InChI is InChI=1S/C19H19N5O3S2/c1-13-8-10-14(11-9-13)12-21-22-18(25)16-17(20)23-24(19(16)28-2)29(26,27)15-6-4-3-5-7-15/h3-12H,1-2H3,(H2,20,23)(H,22,25)/b21-12+. The van der Waals surface area contributed by atoms with Crippen molar-refractivity contribution < 1.29 is 13.2 Å². The fourth-order valence-electron chi connectivity index (χ4n) is 2.52. The van der Waals surface area contributed by atoms with Crippen LogP contribution in [0.15, 0.2) is 69.6 Å². The van der Waals surface area contributed by atoms with Crippen LogP contribution in [0.25, 0.3) is 0 Å². The lowest BCUT2D eigenvalue weighted by molar-refractivity contribution is 0.0953. The smallest absolute Gasteiger partial charge is 0.284 e. The SMILES string of the molecule is CSc1c(C(=O)N/N=C/c2ccc(C)cc2)c(N)nn1S(=O)(=O)c1ccccc1. The molecule has 0 radical (unpaired) electrons. The van der Waals surface area contributed by atoms with Crippen molar-refractivity contribution in [2.45, 2.75) is 16.8 Å². The summed E-state index contributed by atoms with van der Waals surface area (Å²) in [5.74, 6) is -0.846. The molecule has 1 amide bonds. The topological polar surface area (TPSA) is 119 Å². The highest BCUT2D eigenvalue weighted by Crippen LogP contribution is 2.29. The van der Waals surface area contributed by atoms with Crippen LogP contribution in [0.4, 0.5) is 5.82 Å². The normalized spacial score (nSPS) is 11.7. The highest BCUT2D eigenvalue weighted by Gasteiger charge is 2.29. The predicted octanol–water partition coefficient (Wildman–Crippen LogP) is 2.50. The zero-order chi connectivity index (χ0) is 21.0. The van der Waals surface area contributed by atoms with Gasteiger partial charge in [-0.15, -0.1) is 20.9 Å². The molecular weight excluding hydrogens is 410 g/mol. The highest BCUT2D eigenvalue weighted by atomic mass is 32.2. The number of benzene rings is 2. The summed E-state index contributed by atoms with van der Waals surface area (Å²) in [5, 5.41) is 7.92. The molecule has 0 spiro atoms. The molecule has 10 heteroatoms. The van der Waals surface area contributed by atoms with Crippen LogP contribution in [0.5, 0.6) is 0 Å². The summed E-state index contributed by atoms with van der Waals surface area (Å²) in [5.41, 5.74) is 10.1. The number of hydrogen-bond donors (Lipinski definition) is 2. The number of amides is 1. The zero-order valence-corrected chi connectivity index (χ0v) is 17.4. The number of hydrogen-bond acceptors (Lipinski definition) is 7. The van der Waals surface area contributed by atoms with Crippen LogP contribution in [0.3, 0.4) is 0 Å². The van der Waals surface area contributed by atoms with Gasteiger partial charge in [0.25, 0.3) is 15.9 Å². The Morgan fingerprint density at radius 3 is 2.45 bits per heavy atom. The van der Waals surface area contributed by atoms with Gasteiger partial charge in [0.15, 0.2) is 5.82 Å². The molecular formula is C19H19N5O3S2. The lowest BCUT2D eigenvalue weighted by Crippen LogP contribution is -2.20. The Bertz CT molecular complexity index is 1150. The molecule has 0 unspecified atom stereocenters. The van der Waals surface area contributed by atoms with E-state index in [4.69, 9.17) is 5.73 Å². The van der Waals surface area contributed by atoms with E-state index in [9.17, 15) is 13.2 Å². The van der Waals surface area contributed by atoms with Gasteiger partial charge in [0, 0.05) is 0 Å². The van der Waals surface area contributed by atoms with E-state index in [1.54, 1.807) is 24.5 Å². The molecule has 0 saturated heterocycles. The van der Waals surface area contributed by atoms with Crippen molar-refractivity contribution in [2.24, 2.45) is 5.10 Å². The lowest BCUT2D eigenvalue weighted by atomic mass is 10.2. The van der Waals surface area contributed by atoms with E-state index in [2.05, 4.69) is 15.6 Å². The van der Waals surface area contributed by atoms with Crippen LogP contribution in [0, 0.1) is 6.92 Å². The summed E-state index contributed by atoms with van der Waals surface area (Å²) in [4.78, 5) is 12.6. The number of nitrogens with two attached hydrogens (primary N) is 1. The van der Waals surface area contributed by atoms with Gasteiger partial charge in [0.2, 0.25) is 0 Å². The summed E-state index contributed by atoms with van der Waals surface area (Å²) in [6.45, 7) is 1.97. The fourth-order valence-corrected chi connectivity index (χ4v) is 4.84. The first-order chi connectivity index (χ1) is 13.8. The van der Waals surface area contributed by atoms with E-state index < -0.39 is 15.9 Å². The third kappa shape index (κ3) is 4.33. The minimum atomic E-state index is -4.00. The molecule has 0 aliphatic heterocycles. The van der Waals surface area contributed by atoms with Crippen molar-refractivity contribution in [3.05, 3.63) is 71.3 Å². The minimum absolute atomic E-state index is 0.0435. The van der Waals surface area contributed by atoms with Crippen LogP contribution in [-0.2, 0) is 10.0 Å². The van der Waals surface area contributed by atoms with E-state index in [1.807, 2.05) is 31.2 Å². The molecule has 0 aliphatic carbocycles. The average molecular weight is 430 g/mol. The molecule has 0 bridgehead atoms. The van der Waals surface area contributed by atoms with E-state index in [1.165, 1.54) is 18.3 Å². The van der Waals surface area contributed by atoms with Crippen LogP contribution >= 0.6 is 11.8 Å². The first-order valence-corrected chi connectivity index (χ1v) is 11.1. The van der Waals surface area contributed by atoms with E-state index in [-0.39, 0.29) is 21.3 Å². The van der Waals surface area contributed by atoms with E-state index in [0.717, 1.165) is 27.0 Å². The van der Waals surface area contributed by atoms with Crippen molar-refractivity contribution in [2.75, 3.05) is 12.0 Å². The van der Waals surface area contributed by atoms with Crippen LogP contribution in [0.2, 0.25) is 0 Å². The predicted molar refractivity (Wildman–Crippen MR) is 114 cm³/mol. The third-order valence-corrected chi connectivity index (χ3v) is 6.46. The minimum Gasteiger partial charge on any atom is -0.381 e. The Kier molecular flexibility index (Phi) is 6.04. The summed E-state index contributed by atoms with van der Waals surface area (Å²) in [7, 11) is -4.00.